The van der Waals surface area contributed by atoms with Crippen LogP contribution in [0, 0.1) is 0 Å². The van der Waals surface area contributed by atoms with Crippen molar-refractivity contribution in [3.8, 4) is 0 Å². The first kappa shape index (κ1) is 26.8. The molecule has 0 spiro atoms. The number of carbonyl (C=O) groups excluding carboxylic acids is 1. The van der Waals surface area contributed by atoms with Crippen LogP contribution in [0.5, 0.6) is 0 Å². The summed E-state index contributed by atoms with van der Waals surface area (Å²) in [6.07, 6.45) is 8.49. The zero-order chi connectivity index (χ0) is 26.8. The smallest absolute Gasteiger partial charge is 0.417 e. The lowest BCUT2D eigenvalue weighted by Gasteiger charge is -2.22. The first-order valence-electron chi connectivity index (χ1n) is 10.7. The Balaban J connectivity index is 1.63. The normalized spacial score (nSPS) is 15.6. The first-order valence-corrected chi connectivity index (χ1v) is 12.9. The van der Waals surface area contributed by atoms with Gasteiger partial charge in [0.1, 0.15) is 12.0 Å². The number of allylic oxidation sites excluding steroid dienone is 4. The van der Waals surface area contributed by atoms with Crippen molar-refractivity contribution in [1.82, 2.24) is 9.88 Å². The van der Waals surface area contributed by atoms with Crippen LogP contribution in [0.2, 0.25) is 10.0 Å². The summed E-state index contributed by atoms with van der Waals surface area (Å²) in [5.41, 5.74) is -0.871. The van der Waals surface area contributed by atoms with E-state index >= 15 is 0 Å². The Morgan fingerprint density at radius 1 is 1.22 bits per heavy atom. The van der Waals surface area contributed by atoms with E-state index in [1.165, 1.54) is 18.7 Å². The van der Waals surface area contributed by atoms with Gasteiger partial charge in [-0.15, -0.1) is 0 Å². The molecule has 37 heavy (non-hydrogen) atoms. The van der Waals surface area contributed by atoms with E-state index in [4.69, 9.17) is 27.9 Å². The van der Waals surface area contributed by atoms with Crippen LogP contribution in [0.4, 0.5) is 18.9 Å². The van der Waals surface area contributed by atoms with Gasteiger partial charge in [0.15, 0.2) is 5.69 Å². The van der Waals surface area contributed by atoms with Crippen molar-refractivity contribution >= 4 is 44.8 Å². The second kappa shape index (κ2) is 10.6. The minimum Gasteiger partial charge on any atom is -0.466 e. The molecule has 4 rings (SSSR count). The number of amides is 1. The largest absolute Gasteiger partial charge is 0.466 e. The molecule has 7 nitrogen and oxygen atoms in total. The average Bonchev–Trinajstić information content (AvgIpc) is 2.84. The van der Waals surface area contributed by atoms with Gasteiger partial charge in [-0.3, -0.25) is 14.4 Å². The zero-order valence-electron chi connectivity index (χ0n) is 18.8. The van der Waals surface area contributed by atoms with Crippen molar-refractivity contribution in [2.24, 2.45) is 0 Å². The van der Waals surface area contributed by atoms with Gasteiger partial charge in [0.05, 0.1) is 32.4 Å². The number of sulfonamides is 1. The summed E-state index contributed by atoms with van der Waals surface area (Å²) in [5.74, 6) is -0.245. The van der Waals surface area contributed by atoms with E-state index in [0.29, 0.717) is 18.2 Å². The highest BCUT2D eigenvalue weighted by molar-refractivity contribution is 7.92. The molecule has 0 radical (unpaired) electrons. The lowest BCUT2D eigenvalue weighted by Crippen LogP contribution is -2.26. The lowest BCUT2D eigenvalue weighted by molar-refractivity contribution is -0.137. The summed E-state index contributed by atoms with van der Waals surface area (Å²) in [4.78, 5) is 17.7. The summed E-state index contributed by atoms with van der Waals surface area (Å²) in [5, 5.41) is -0.666. The number of hydrogen-bond donors (Lipinski definition) is 1. The standard InChI is InChI=1S/C24H18Cl2F3N3O4S/c25-16-11-21(31-37(34,35)18-6-7-20(26)19(12-18)24(27,28)29)22(30-13-16)23(33)32-8-9-36-17(14-32)10-15-4-2-1-3-5-15/h1-2,4,6-9,11-14,31H,3,5,10H2. The van der Waals surface area contributed by atoms with E-state index in [-0.39, 0.29) is 16.4 Å². The predicted molar refractivity (Wildman–Crippen MR) is 132 cm³/mol. The third-order valence-electron chi connectivity index (χ3n) is 5.31. The van der Waals surface area contributed by atoms with Crippen molar-refractivity contribution in [3.63, 3.8) is 0 Å². The highest BCUT2D eigenvalue weighted by atomic mass is 35.5. The third-order valence-corrected chi connectivity index (χ3v) is 7.21. The van der Waals surface area contributed by atoms with Crippen molar-refractivity contribution in [3.05, 3.63) is 100.0 Å². The topological polar surface area (TPSA) is 88.6 Å². The SMILES string of the molecule is O=C(c1ncc(Cl)cc1NS(=O)(=O)c1ccc(Cl)c(C(F)(F)F)c1)N1C=COC(CC2=CC=CCC2)=C1. The van der Waals surface area contributed by atoms with Crippen molar-refractivity contribution in [1.29, 1.82) is 0 Å². The molecule has 0 fully saturated rings. The number of ether oxygens (including phenoxy) is 1. The summed E-state index contributed by atoms with van der Waals surface area (Å²) in [6.45, 7) is 0. The molecule has 1 aliphatic carbocycles. The maximum atomic E-state index is 13.3. The summed E-state index contributed by atoms with van der Waals surface area (Å²) < 4.78 is 73.3. The minimum atomic E-state index is -4.88. The van der Waals surface area contributed by atoms with Crippen molar-refractivity contribution < 1.29 is 31.1 Å². The number of anilines is 1. The Labute approximate surface area is 220 Å². The Morgan fingerprint density at radius 3 is 2.70 bits per heavy atom. The third kappa shape index (κ3) is 6.35. The van der Waals surface area contributed by atoms with E-state index in [9.17, 15) is 26.4 Å². The van der Waals surface area contributed by atoms with E-state index in [1.807, 2.05) is 18.2 Å². The van der Waals surface area contributed by atoms with Crippen LogP contribution in [0.3, 0.4) is 0 Å². The molecule has 1 amide bonds. The fourth-order valence-corrected chi connectivity index (χ4v) is 5.02. The molecule has 0 bridgehead atoms. The molecule has 1 aromatic carbocycles. The number of aromatic nitrogens is 1. The number of hydrogen-bond acceptors (Lipinski definition) is 5. The zero-order valence-corrected chi connectivity index (χ0v) is 21.1. The number of nitrogens with zero attached hydrogens (tertiary/aromatic N) is 2. The fraction of sp³-hybridized carbons (Fsp3) is 0.167. The average molecular weight is 572 g/mol. The van der Waals surface area contributed by atoms with Crippen LogP contribution >= 0.6 is 23.2 Å². The van der Waals surface area contributed by atoms with Gasteiger partial charge in [0.25, 0.3) is 15.9 Å². The predicted octanol–water partition coefficient (Wildman–Crippen LogP) is 6.66. The number of alkyl halides is 3. The van der Waals surface area contributed by atoms with E-state index < -0.39 is 37.6 Å². The second-order valence-electron chi connectivity index (χ2n) is 7.97. The van der Waals surface area contributed by atoms with Crippen LogP contribution in [0.25, 0.3) is 0 Å². The monoisotopic (exact) mass is 571 g/mol. The first-order chi connectivity index (χ1) is 17.4. The molecule has 0 atom stereocenters. The summed E-state index contributed by atoms with van der Waals surface area (Å²) >= 11 is 11.6. The van der Waals surface area contributed by atoms with Crippen molar-refractivity contribution in [2.45, 2.75) is 30.3 Å². The van der Waals surface area contributed by atoms with Crippen LogP contribution in [0.1, 0.15) is 35.3 Å². The van der Waals surface area contributed by atoms with E-state index in [1.54, 1.807) is 0 Å². The molecular weight excluding hydrogens is 554 g/mol. The highest BCUT2D eigenvalue weighted by Crippen LogP contribution is 2.36. The minimum absolute atomic E-state index is 0.00706. The number of nitrogens with one attached hydrogen (secondary N) is 1. The van der Waals surface area contributed by atoms with Crippen molar-refractivity contribution in [2.75, 3.05) is 4.72 Å². The Morgan fingerprint density at radius 2 is 2.00 bits per heavy atom. The molecule has 2 heterocycles. The highest BCUT2D eigenvalue weighted by Gasteiger charge is 2.35. The molecule has 2 aliphatic rings. The van der Waals surface area contributed by atoms with Gasteiger partial charge in [-0.05, 0) is 37.1 Å². The second-order valence-corrected chi connectivity index (χ2v) is 10.5. The van der Waals surface area contributed by atoms with Gasteiger partial charge >= 0.3 is 6.18 Å². The van der Waals surface area contributed by atoms with Gasteiger partial charge in [0.2, 0.25) is 0 Å². The number of halogens is 5. The number of pyridine rings is 1. The Bertz CT molecular complexity index is 1470. The quantitative estimate of drug-likeness (QED) is 0.418. The van der Waals surface area contributed by atoms with Crippen LogP contribution in [-0.2, 0) is 20.9 Å². The summed E-state index contributed by atoms with van der Waals surface area (Å²) in [7, 11) is -4.60. The van der Waals surface area contributed by atoms with Gasteiger partial charge < -0.3 is 4.74 Å². The molecule has 13 heteroatoms. The molecule has 1 aliphatic heterocycles. The van der Waals surface area contributed by atoms with Crippen LogP contribution in [-0.4, -0.2) is 24.2 Å². The van der Waals surface area contributed by atoms with Gasteiger partial charge in [-0.2, -0.15) is 13.2 Å². The van der Waals surface area contributed by atoms with E-state index in [2.05, 4.69) is 9.71 Å². The Hall–Kier alpha value is -3.28. The molecule has 1 N–H and O–H groups in total. The Kier molecular flexibility index (Phi) is 7.67. The van der Waals surface area contributed by atoms with Gasteiger partial charge in [0, 0.05) is 18.8 Å². The van der Waals surface area contributed by atoms with Crippen LogP contribution in [0.15, 0.2) is 83.6 Å². The molecule has 0 saturated carbocycles. The maximum Gasteiger partial charge on any atom is 0.417 e. The number of benzene rings is 1. The van der Waals surface area contributed by atoms with Gasteiger partial charge in [-0.1, -0.05) is 47.0 Å². The van der Waals surface area contributed by atoms with Crippen LogP contribution < -0.4 is 4.72 Å². The molecule has 194 valence electrons. The van der Waals surface area contributed by atoms with Gasteiger partial charge in [-0.25, -0.2) is 13.4 Å². The molecule has 0 saturated heterocycles. The number of rotatable bonds is 6. The lowest BCUT2D eigenvalue weighted by atomic mass is 10.0. The molecular formula is C24H18Cl2F3N3O4S. The number of carbonyl (C=O) groups is 1. The van der Waals surface area contributed by atoms with E-state index in [0.717, 1.165) is 47.7 Å². The molecule has 0 unspecified atom stereocenters. The maximum absolute atomic E-state index is 13.3. The summed E-state index contributed by atoms with van der Waals surface area (Å²) in [6, 6.07) is 3.27. The molecule has 2 aromatic rings. The fourth-order valence-electron chi connectivity index (χ4n) is 3.55. The molecule has 1 aromatic heterocycles.